The van der Waals surface area contributed by atoms with Crippen molar-refractivity contribution in [2.75, 3.05) is 5.73 Å². The number of H-pyrrole nitrogens is 1. The lowest BCUT2D eigenvalue weighted by atomic mass is 10.3. The largest absolute Gasteiger partial charge is 0.431 e. The average molecular weight is 282 g/mol. The van der Waals surface area contributed by atoms with E-state index >= 15 is 0 Å². The summed E-state index contributed by atoms with van der Waals surface area (Å²) in [6.45, 7) is 0. The summed E-state index contributed by atoms with van der Waals surface area (Å²) >= 11 is 1.35. The van der Waals surface area contributed by atoms with Crippen LogP contribution in [0.4, 0.5) is 5.69 Å². The fraction of sp³-hybridized carbons (Fsp3) is 0. The molecule has 0 aliphatic heterocycles. The third-order valence-electron chi connectivity index (χ3n) is 2.98. The van der Waals surface area contributed by atoms with Crippen molar-refractivity contribution in [3.63, 3.8) is 0 Å². The second-order valence-corrected chi connectivity index (χ2v) is 5.27. The second kappa shape index (κ2) is 4.28. The lowest BCUT2D eigenvalue weighted by Gasteiger charge is -1.89. The molecule has 0 amide bonds. The van der Waals surface area contributed by atoms with Gasteiger partial charge in [0.1, 0.15) is 5.52 Å². The highest BCUT2D eigenvalue weighted by atomic mass is 32.2. The highest BCUT2D eigenvalue weighted by Gasteiger charge is 2.11. The van der Waals surface area contributed by atoms with E-state index in [1.54, 1.807) is 6.07 Å². The topological polar surface area (TPSA) is 80.7 Å². The summed E-state index contributed by atoms with van der Waals surface area (Å²) in [5, 5.41) is 1.27. The van der Waals surface area contributed by atoms with Crippen LogP contribution < -0.4 is 5.73 Å². The number of rotatable bonds is 2. The molecule has 4 aromatic rings. The number of aromatic amines is 1. The van der Waals surface area contributed by atoms with Crippen LogP contribution in [0, 0.1) is 0 Å². The maximum Gasteiger partial charge on any atom is 0.264 e. The number of hydrogen-bond donors (Lipinski definition) is 2. The van der Waals surface area contributed by atoms with Crippen molar-refractivity contribution < 1.29 is 4.42 Å². The molecule has 5 nitrogen and oxygen atoms in total. The number of anilines is 1. The van der Waals surface area contributed by atoms with Gasteiger partial charge < -0.3 is 15.1 Å². The Morgan fingerprint density at radius 1 is 1.05 bits per heavy atom. The predicted octanol–water partition coefficient (Wildman–Crippen LogP) is 3.44. The molecule has 2 aromatic heterocycles. The van der Waals surface area contributed by atoms with Crippen LogP contribution in [0.5, 0.6) is 0 Å². The van der Waals surface area contributed by atoms with Gasteiger partial charge in [-0.05, 0) is 24.3 Å². The number of benzene rings is 2. The van der Waals surface area contributed by atoms with Gasteiger partial charge in [-0.2, -0.15) is 0 Å². The zero-order chi connectivity index (χ0) is 13.5. The van der Waals surface area contributed by atoms with E-state index in [1.807, 2.05) is 36.4 Å². The first-order valence-electron chi connectivity index (χ1n) is 6.07. The van der Waals surface area contributed by atoms with Gasteiger partial charge in [0, 0.05) is 11.8 Å². The van der Waals surface area contributed by atoms with E-state index in [4.69, 9.17) is 10.2 Å². The number of imidazole rings is 1. The first-order chi connectivity index (χ1) is 9.79. The fourth-order valence-corrected chi connectivity index (χ4v) is 2.79. The molecule has 0 saturated carbocycles. The smallest absolute Gasteiger partial charge is 0.264 e. The van der Waals surface area contributed by atoms with Crippen LogP contribution in [-0.4, -0.2) is 15.0 Å². The first kappa shape index (κ1) is 11.4. The van der Waals surface area contributed by atoms with Crippen molar-refractivity contribution >= 4 is 39.6 Å². The Labute approximate surface area is 118 Å². The molecule has 4 rings (SSSR count). The summed E-state index contributed by atoms with van der Waals surface area (Å²) in [6, 6.07) is 13.4. The van der Waals surface area contributed by atoms with Crippen molar-refractivity contribution in [3.8, 4) is 0 Å². The Morgan fingerprint density at radius 3 is 2.80 bits per heavy atom. The summed E-state index contributed by atoms with van der Waals surface area (Å²) in [5.74, 6) is 0. The fourth-order valence-electron chi connectivity index (χ4n) is 2.05. The van der Waals surface area contributed by atoms with E-state index in [0.717, 1.165) is 16.2 Å². The lowest BCUT2D eigenvalue weighted by molar-refractivity contribution is 0.489. The van der Waals surface area contributed by atoms with Gasteiger partial charge in [0.05, 0.1) is 16.7 Å². The van der Waals surface area contributed by atoms with Gasteiger partial charge in [0.15, 0.2) is 10.7 Å². The number of nitrogens with zero attached hydrogens (tertiary/aromatic N) is 2. The Kier molecular flexibility index (Phi) is 2.43. The van der Waals surface area contributed by atoms with E-state index in [1.165, 1.54) is 11.8 Å². The lowest BCUT2D eigenvalue weighted by Crippen LogP contribution is -1.84. The van der Waals surface area contributed by atoms with Crippen LogP contribution in [0.15, 0.2) is 57.3 Å². The molecule has 0 saturated heterocycles. The van der Waals surface area contributed by atoms with E-state index in [9.17, 15) is 0 Å². The van der Waals surface area contributed by atoms with Crippen molar-refractivity contribution in [3.05, 3.63) is 42.5 Å². The molecule has 98 valence electrons. The van der Waals surface area contributed by atoms with Gasteiger partial charge in [-0.1, -0.05) is 18.2 Å². The van der Waals surface area contributed by atoms with Crippen LogP contribution in [-0.2, 0) is 0 Å². The van der Waals surface area contributed by atoms with E-state index in [-0.39, 0.29) is 0 Å². The molecule has 20 heavy (non-hydrogen) atoms. The molecule has 2 aromatic carbocycles. The normalized spacial score (nSPS) is 11.4. The van der Waals surface area contributed by atoms with Gasteiger partial charge in [0.25, 0.3) is 5.22 Å². The van der Waals surface area contributed by atoms with Gasteiger partial charge >= 0.3 is 0 Å². The number of hydrogen-bond acceptors (Lipinski definition) is 5. The number of aromatic nitrogens is 3. The van der Waals surface area contributed by atoms with Crippen LogP contribution in [0.3, 0.4) is 0 Å². The zero-order valence-electron chi connectivity index (χ0n) is 10.3. The molecule has 0 radical (unpaired) electrons. The minimum absolute atomic E-state index is 0.525. The molecule has 0 atom stereocenters. The molecule has 6 heteroatoms. The highest BCUT2D eigenvalue weighted by molar-refractivity contribution is 7.99. The monoisotopic (exact) mass is 282 g/mol. The number of nitrogens with one attached hydrogen (secondary N) is 1. The molecule has 2 heterocycles. The summed E-state index contributed by atoms with van der Waals surface area (Å²) in [7, 11) is 0. The summed E-state index contributed by atoms with van der Waals surface area (Å²) in [4.78, 5) is 12.1. The highest BCUT2D eigenvalue weighted by Crippen LogP contribution is 2.31. The maximum atomic E-state index is 5.87. The van der Waals surface area contributed by atoms with Crippen molar-refractivity contribution in [2.45, 2.75) is 10.4 Å². The Hall–Kier alpha value is -2.47. The van der Waals surface area contributed by atoms with Gasteiger partial charge in [-0.15, -0.1) is 0 Å². The number of nitrogens with two attached hydrogens (primary N) is 1. The minimum Gasteiger partial charge on any atom is -0.431 e. The second-order valence-electron chi connectivity index (χ2n) is 4.33. The Bertz CT molecular complexity index is 879. The number of fused-ring (bicyclic) bond motifs is 2. The zero-order valence-corrected chi connectivity index (χ0v) is 11.1. The third-order valence-corrected chi connectivity index (χ3v) is 3.72. The van der Waals surface area contributed by atoms with Crippen LogP contribution in [0.25, 0.3) is 22.1 Å². The first-order valence-corrected chi connectivity index (χ1v) is 6.89. The summed E-state index contributed by atoms with van der Waals surface area (Å²) in [6.07, 6.45) is 0. The molecule has 0 aliphatic carbocycles. The number of nitrogen functional groups attached to an aromatic ring is 1. The molecule has 0 aliphatic rings. The number of oxazole rings is 1. The minimum atomic E-state index is 0.525. The van der Waals surface area contributed by atoms with E-state index < -0.39 is 0 Å². The standard InChI is InChI=1S/C14H10N4OS/c15-8-4-3-7-11-12(8)18-14(19-11)20-13-16-9-5-1-2-6-10(9)17-13/h1-7H,15H2,(H,16,17). The van der Waals surface area contributed by atoms with Gasteiger partial charge in [-0.3, -0.25) is 0 Å². The average Bonchev–Trinajstić information content (AvgIpc) is 3.02. The van der Waals surface area contributed by atoms with Crippen molar-refractivity contribution in [1.82, 2.24) is 15.0 Å². The molecular formula is C14H10N4OS. The van der Waals surface area contributed by atoms with Gasteiger partial charge in [0.2, 0.25) is 0 Å². The summed E-state index contributed by atoms with van der Waals surface area (Å²) < 4.78 is 5.66. The number of para-hydroxylation sites is 3. The summed E-state index contributed by atoms with van der Waals surface area (Å²) in [5.41, 5.74) is 9.77. The Morgan fingerprint density at radius 2 is 1.95 bits per heavy atom. The van der Waals surface area contributed by atoms with Crippen LogP contribution >= 0.6 is 11.8 Å². The van der Waals surface area contributed by atoms with Crippen LogP contribution in [0.2, 0.25) is 0 Å². The molecule has 0 bridgehead atoms. The molecule has 0 fully saturated rings. The molecule has 0 unspecified atom stereocenters. The quantitative estimate of drug-likeness (QED) is 0.550. The van der Waals surface area contributed by atoms with Crippen molar-refractivity contribution in [2.24, 2.45) is 0 Å². The predicted molar refractivity (Wildman–Crippen MR) is 78.6 cm³/mol. The van der Waals surface area contributed by atoms with E-state index in [0.29, 0.717) is 22.0 Å². The van der Waals surface area contributed by atoms with Crippen LogP contribution in [0.1, 0.15) is 0 Å². The maximum absolute atomic E-state index is 5.87. The molecule has 3 N–H and O–H groups in total. The van der Waals surface area contributed by atoms with Crippen molar-refractivity contribution in [1.29, 1.82) is 0 Å². The Balaban J connectivity index is 1.74. The molecule has 0 spiro atoms. The van der Waals surface area contributed by atoms with E-state index in [2.05, 4.69) is 15.0 Å². The van der Waals surface area contributed by atoms with Gasteiger partial charge in [-0.25, -0.2) is 9.97 Å². The molecular weight excluding hydrogens is 272 g/mol. The SMILES string of the molecule is Nc1cccc2oc(Sc3nc4ccccc4[nH]3)nc12. The third kappa shape index (κ3) is 1.81.